The van der Waals surface area contributed by atoms with E-state index in [2.05, 4.69) is 0 Å². The summed E-state index contributed by atoms with van der Waals surface area (Å²) in [5.41, 5.74) is 6.21. The monoisotopic (exact) mass is 496 g/mol. The number of ether oxygens (including phenoxy) is 2. The third-order valence-electron chi connectivity index (χ3n) is 3.73. The topological polar surface area (TPSA) is 97.4 Å². The molecule has 0 saturated carbocycles. The van der Waals surface area contributed by atoms with Gasteiger partial charge in [0.1, 0.15) is 36.9 Å². The summed E-state index contributed by atoms with van der Waals surface area (Å²) in [6, 6.07) is 10.4. The predicted octanol–water partition coefficient (Wildman–Crippen LogP) is 3.75. The van der Waals surface area contributed by atoms with Gasteiger partial charge in [0.15, 0.2) is 18.0 Å². The van der Waals surface area contributed by atoms with Crippen LogP contribution in [0.25, 0.3) is 0 Å². The highest BCUT2D eigenvalue weighted by Crippen LogP contribution is 2.38. The van der Waals surface area contributed by atoms with Crippen molar-refractivity contribution >= 4 is 52.7 Å². The van der Waals surface area contributed by atoms with Gasteiger partial charge in [-0.1, -0.05) is 23.2 Å². The molecule has 0 aliphatic heterocycles. The molecule has 0 aliphatic rings. The summed E-state index contributed by atoms with van der Waals surface area (Å²) in [7, 11) is 1.83. The molecule has 7 nitrogen and oxygen atoms in total. The number of hydrogen-bond donors (Lipinski definition) is 3. The standard InChI is InChI=1S/C19H23Cl3N2O5S/c1-24(12-2-4-15(5-3-12)27-11-14(26)9-23)30-29-16-6-17(21)19(18(22)7-16)28-10-13(25)8-20/h2-7,13-14,25-26H,8-11,23H2,1H3. The van der Waals surface area contributed by atoms with Gasteiger partial charge in [-0.25, -0.2) is 0 Å². The van der Waals surface area contributed by atoms with Crippen LogP contribution in [0.1, 0.15) is 0 Å². The summed E-state index contributed by atoms with van der Waals surface area (Å²) in [4.78, 5) is 0. The number of aliphatic hydroxyl groups is 2. The number of halogens is 3. The van der Waals surface area contributed by atoms with E-state index >= 15 is 0 Å². The van der Waals surface area contributed by atoms with E-state index in [1.807, 2.05) is 19.2 Å². The van der Waals surface area contributed by atoms with Gasteiger partial charge < -0.3 is 29.6 Å². The number of hydrogen-bond acceptors (Lipinski definition) is 8. The lowest BCUT2D eigenvalue weighted by molar-refractivity contribution is 0.114. The van der Waals surface area contributed by atoms with Crippen molar-refractivity contribution in [2.45, 2.75) is 12.2 Å². The highest BCUT2D eigenvalue weighted by molar-refractivity contribution is 7.96. The number of anilines is 1. The van der Waals surface area contributed by atoms with Gasteiger partial charge in [0, 0.05) is 31.4 Å². The lowest BCUT2D eigenvalue weighted by atomic mass is 10.3. The molecule has 2 unspecified atom stereocenters. The van der Waals surface area contributed by atoms with Crippen molar-refractivity contribution in [2.24, 2.45) is 5.73 Å². The Kier molecular flexibility index (Phi) is 10.5. The van der Waals surface area contributed by atoms with Gasteiger partial charge in [0.2, 0.25) is 0 Å². The Morgan fingerprint density at radius 3 is 2.17 bits per heavy atom. The Morgan fingerprint density at radius 2 is 1.60 bits per heavy atom. The molecule has 0 spiro atoms. The molecule has 4 N–H and O–H groups in total. The summed E-state index contributed by atoms with van der Waals surface area (Å²) < 4.78 is 18.3. The van der Waals surface area contributed by atoms with Crippen molar-refractivity contribution in [2.75, 3.05) is 37.0 Å². The highest BCUT2D eigenvalue weighted by Gasteiger charge is 2.14. The molecule has 2 aromatic rings. The molecule has 2 atom stereocenters. The molecule has 0 amide bonds. The molecule has 0 aromatic heterocycles. The molecule has 0 saturated heterocycles. The maximum absolute atomic E-state index is 9.49. The van der Waals surface area contributed by atoms with Crippen LogP contribution < -0.4 is 23.7 Å². The molecular formula is C19H23Cl3N2O5S. The fraction of sp³-hybridized carbons (Fsp3) is 0.368. The molecular weight excluding hydrogens is 475 g/mol. The van der Waals surface area contributed by atoms with Crippen LogP contribution in [0.2, 0.25) is 10.0 Å². The SMILES string of the molecule is CN(SOc1cc(Cl)c(OCC(O)CCl)c(Cl)c1)c1ccc(OCC(O)CN)cc1. The molecule has 0 heterocycles. The lowest BCUT2D eigenvalue weighted by Gasteiger charge is -2.18. The highest BCUT2D eigenvalue weighted by atomic mass is 35.5. The molecule has 0 radical (unpaired) electrons. The van der Waals surface area contributed by atoms with Crippen LogP contribution in [0.4, 0.5) is 5.69 Å². The molecule has 11 heteroatoms. The average Bonchev–Trinajstić information content (AvgIpc) is 2.75. The lowest BCUT2D eigenvalue weighted by Crippen LogP contribution is -2.26. The minimum Gasteiger partial charge on any atom is -0.491 e. The molecule has 0 fully saturated rings. The van der Waals surface area contributed by atoms with Gasteiger partial charge in [0.25, 0.3) is 0 Å². The maximum atomic E-state index is 9.49. The van der Waals surface area contributed by atoms with E-state index in [1.54, 1.807) is 28.6 Å². The summed E-state index contributed by atoms with van der Waals surface area (Å²) in [5, 5.41) is 19.4. The smallest absolute Gasteiger partial charge is 0.179 e. The summed E-state index contributed by atoms with van der Waals surface area (Å²) >= 11 is 19.0. The minimum atomic E-state index is -0.818. The van der Waals surface area contributed by atoms with Gasteiger partial charge in [0.05, 0.1) is 15.9 Å². The fourth-order valence-electron chi connectivity index (χ4n) is 2.10. The van der Waals surface area contributed by atoms with E-state index in [4.69, 9.17) is 54.2 Å². The number of benzene rings is 2. The van der Waals surface area contributed by atoms with Crippen LogP contribution in [0.5, 0.6) is 17.2 Å². The van der Waals surface area contributed by atoms with Crippen molar-refractivity contribution in [3.05, 3.63) is 46.4 Å². The van der Waals surface area contributed by atoms with E-state index in [1.165, 1.54) is 0 Å². The second kappa shape index (κ2) is 12.6. The van der Waals surface area contributed by atoms with E-state index in [-0.39, 0.29) is 41.4 Å². The van der Waals surface area contributed by atoms with Gasteiger partial charge in [-0.05, 0) is 24.3 Å². The Bertz CT molecular complexity index is 777. The first-order chi connectivity index (χ1) is 14.3. The number of alkyl halides is 1. The van der Waals surface area contributed by atoms with Gasteiger partial charge in [-0.2, -0.15) is 0 Å². The maximum Gasteiger partial charge on any atom is 0.179 e. The van der Waals surface area contributed by atoms with Crippen LogP contribution in [0.3, 0.4) is 0 Å². The zero-order chi connectivity index (χ0) is 22.1. The minimum absolute atomic E-state index is 0.0223. The first-order valence-corrected chi connectivity index (χ1v) is 10.9. The van der Waals surface area contributed by atoms with Gasteiger partial charge >= 0.3 is 0 Å². The van der Waals surface area contributed by atoms with E-state index in [9.17, 15) is 10.2 Å². The van der Waals surface area contributed by atoms with Crippen LogP contribution in [-0.2, 0) is 0 Å². The zero-order valence-corrected chi connectivity index (χ0v) is 19.2. The largest absolute Gasteiger partial charge is 0.491 e. The van der Waals surface area contributed by atoms with Crippen molar-refractivity contribution in [1.29, 1.82) is 0 Å². The first kappa shape index (κ1) is 25.0. The number of nitrogens with zero attached hydrogens (tertiary/aromatic N) is 1. The normalized spacial score (nSPS) is 12.9. The van der Waals surface area contributed by atoms with E-state index < -0.39 is 12.2 Å². The Balaban J connectivity index is 1.91. The number of rotatable bonds is 12. The van der Waals surface area contributed by atoms with Crippen LogP contribution >= 0.6 is 47.0 Å². The van der Waals surface area contributed by atoms with Crippen molar-refractivity contribution in [3.63, 3.8) is 0 Å². The van der Waals surface area contributed by atoms with Crippen molar-refractivity contribution in [1.82, 2.24) is 0 Å². The first-order valence-electron chi connectivity index (χ1n) is 8.89. The second-order valence-electron chi connectivity index (χ2n) is 6.18. The van der Waals surface area contributed by atoms with Crippen molar-refractivity contribution < 1.29 is 23.9 Å². The van der Waals surface area contributed by atoms with E-state index in [0.717, 1.165) is 17.9 Å². The molecule has 166 valence electrons. The predicted molar refractivity (Wildman–Crippen MR) is 122 cm³/mol. The number of nitrogens with two attached hydrogens (primary N) is 1. The Hall–Kier alpha value is -1.26. The molecule has 2 aromatic carbocycles. The summed E-state index contributed by atoms with van der Waals surface area (Å²) in [5.74, 6) is 1.35. The molecule has 0 bridgehead atoms. The summed E-state index contributed by atoms with van der Waals surface area (Å²) in [6.45, 7) is 0.256. The Labute approximate surface area is 194 Å². The zero-order valence-electron chi connectivity index (χ0n) is 16.1. The van der Waals surface area contributed by atoms with Crippen molar-refractivity contribution in [3.8, 4) is 17.2 Å². The van der Waals surface area contributed by atoms with Crippen LogP contribution in [0.15, 0.2) is 36.4 Å². The fourth-order valence-corrected chi connectivity index (χ4v) is 3.27. The van der Waals surface area contributed by atoms with Crippen LogP contribution in [-0.4, -0.2) is 55.1 Å². The van der Waals surface area contributed by atoms with Gasteiger partial charge in [-0.15, -0.1) is 11.6 Å². The average molecular weight is 498 g/mol. The van der Waals surface area contributed by atoms with E-state index in [0.29, 0.717) is 11.5 Å². The molecule has 0 aliphatic carbocycles. The molecule has 30 heavy (non-hydrogen) atoms. The molecule has 2 rings (SSSR count). The third kappa shape index (κ3) is 7.77. The quantitative estimate of drug-likeness (QED) is 0.232. The second-order valence-corrected chi connectivity index (χ2v) is 8.17. The van der Waals surface area contributed by atoms with Crippen LogP contribution in [0, 0.1) is 0 Å². The summed E-state index contributed by atoms with van der Waals surface area (Å²) in [6.07, 6.45) is -1.52. The Morgan fingerprint density at radius 1 is 1.00 bits per heavy atom. The number of aliphatic hydroxyl groups excluding tert-OH is 2. The van der Waals surface area contributed by atoms with Gasteiger partial charge in [-0.3, -0.25) is 4.31 Å². The third-order valence-corrected chi connectivity index (χ3v) is 5.35.